The van der Waals surface area contributed by atoms with E-state index < -0.39 is 11.9 Å². The molecule has 0 fully saturated rings. The maximum absolute atomic E-state index is 10.3. The van der Waals surface area contributed by atoms with Gasteiger partial charge in [-0.1, -0.05) is 96.8 Å². The molecule has 0 bridgehead atoms. The summed E-state index contributed by atoms with van der Waals surface area (Å²) in [6, 6.07) is 0. The number of carbonyl (C=O) groups is 2. The van der Waals surface area contributed by atoms with Crippen molar-refractivity contribution in [2.75, 3.05) is 0 Å². The van der Waals surface area contributed by atoms with Gasteiger partial charge in [-0.05, 0) is 6.42 Å². The maximum Gasteiger partial charge on any atom is 0.303 e. The zero-order valence-corrected chi connectivity index (χ0v) is 19.7. The Morgan fingerprint density at radius 2 is 0.840 bits per heavy atom. The molecular formula is C20H40O4Zn. The van der Waals surface area contributed by atoms with Gasteiger partial charge in [0.15, 0.2) is 0 Å². The van der Waals surface area contributed by atoms with Crippen LogP contribution in [0.4, 0.5) is 0 Å². The van der Waals surface area contributed by atoms with E-state index in [2.05, 4.69) is 6.92 Å². The average Bonchev–Trinajstić information content (AvgIpc) is 2.50. The van der Waals surface area contributed by atoms with Crippen LogP contribution < -0.4 is 0 Å². The van der Waals surface area contributed by atoms with E-state index >= 15 is 0 Å². The van der Waals surface area contributed by atoms with Gasteiger partial charge >= 0.3 is 5.97 Å². The van der Waals surface area contributed by atoms with Gasteiger partial charge in [-0.2, -0.15) is 0 Å². The van der Waals surface area contributed by atoms with E-state index in [1.54, 1.807) is 0 Å². The fourth-order valence-corrected chi connectivity index (χ4v) is 2.65. The van der Waals surface area contributed by atoms with Gasteiger partial charge in [0.1, 0.15) is 0 Å². The molecule has 0 heterocycles. The summed E-state index contributed by atoms with van der Waals surface area (Å²) in [6.45, 7) is 3.35. The number of aliphatic carboxylic acids is 2. The van der Waals surface area contributed by atoms with E-state index in [0.29, 0.717) is 6.42 Å². The Balaban J connectivity index is -0.000000867. The summed E-state index contributed by atoms with van der Waals surface area (Å²) in [5.74, 6) is -1.49. The third kappa shape index (κ3) is 39.9. The fourth-order valence-electron chi connectivity index (χ4n) is 2.65. The van der Waals surface area contributed by atoms with Crippen molar-refractivity contribution in [2.24, 2.45) is 0 Å². The molecule has 5 heteroatoms. The van der Waals surface area contributed by atoms with E-state index in [0.717, 1.165) is 19.8 Å². The molecule has 146 valence electrons. The molecule has 0 aromatic carbocycles. The van der Waals surface area contributed by atoms with Crippen molar-refractivity contribution >= 4 is 11.9 Å². The number of hydrogen-bond acceptors (Lipinski definition) is 2. The first-order chi connectivity index (χ1) is 11.5. The summed E-state index contributed by atoms with van der Waals surface area (Å²) < 4.78 is 0. The molecular weight excluding hydrogens is 370 g/mol. The molecule has 0 aliphatic heterocycles. The van der Waals surface area contributed by atoms with Crippen molar-refractivity contribution in [3.05, 3.63) is 0 Å². The largest absolute Gasteiger partial charge is 0.481 e. The number of rotatable bonds is 16. The van der Waals surface area contributed by atoms with Gasteiger partial charge in [0, 0.05) is 32.8 Å². The molecule has 0 aromatic rings. The molecule has 25 heavy (non-hydrogen) atoms. The van der Waals surface area contributed by atoms with Crippen LogP contribution in [0.1, 0.15) is 117 Å². The molecule has 0 aliphatic rings. The molecule has 0 spiro atoms. The predicted octanol–water partition coefficient (Wildman–Crippen LogP) is 6.42. The Labute approximate surface area is 167 Å². The van der Waals surface area contributed by atoms with Crippen LogP contribution in [0, 0.1) is 0 Å². The zero-order valence-electron chi connectivity index (χ0n) is 16.7. The van der Waals surface area contributed by atoms with Crippen LogP contribution in [0.5, 0.6) is 0 Å². The van der Waals surface area contributed by atoms with Crippen LogP contribution in [-0.2, 0) is 29.1 Å². The first kappa shape index (κ1) is 29.3. The summed E-state index contributed by atoms with van der Waals surface area (Å²) >= 11 is 0. The van der Waals surface area contributed by atoms with Crippen LogP contribution in [-0.4, -0.2) is 22.2 Å². The Kier molecular flexibility index (Phi) is 30.3. The van der Waals surface area contributed by atoms with Crippen molar-refractivity contribution in [2.45, 2.75) is 117 Å². The van der Waals surface area contributed by atoms with Crippen molar-refractivity contribution in [1.29, 1.82) is 0 Å². The standard InChI is InChI=1S/C18H36O2.C2H4O2.Zn/c1-2-3-4-5-6-7-8-9-10-11-12-13-14-15-16-17-18(19)20;1-2(3)4;/h2-17H2,1H3,(H,19,20);1H3,(H,3,4);. The van der Waals surface area contributed by atoms with E-state index in [-0.39, 0.29) is 19.5 Å². The molecule has 0 unspecified atom stereocenters. The zero-order chi connectivity index (χ0) is 18.5. The third-order valence-electron chi connectivity index (χ3n) is 3.99. The van der Waals surface area contributed by atoms with Crippen LogP contribution in [0.15, 0.2) is 0 Å². The Hall–Kier alpha value is -0.437. The maximum atomic E-state index is 10.3. The van der Waals surface area contributed by atoms with Gasteiger partial charge in [0.2, 0.25) is 0 Å². The Bertz CT molecular complexity index is 279. The summed E-state index contributed by atoms with van der Waals surface area (Å²) in [5, 5.41) is 15.9. The molecule has 0 aliphatic carbocycles. The van der Waals surface area contributed by atoms with E-state index in [1.807, 2.05) is 0 Å². The summed E-state index contributed by atoms with van der Waals surface area (Å²) in [5.41, 5.74) is 0. The molecule has 0 atom stereocenters. The Morgan fingerprint density at radius 3 is 1.08 bits per heavy atom. The van der Waals surface area contributed by atoms with Crippen LogP contribution in [0.3, 0.4) is 0 Å². The van der Waals surface area contributed by atoms with Gasteiger partial charge < -0.3 is 10.2 Å². The Morgan fingerprint density at radius 1 is 0.600 bits per heavy atom. The predicted molar refractivity (Wildman–Crippen MR) is 100 cm³/mol. The van der Waals surface area contributed by atoms with Crippen molar-refractivity contribution < 1.29 is 39.3 Å². The second-order valence-electron chi connectivity index (χ2n) is 6.61. The molecule has 0 aromatic heterocycles. The topological polar surface area (TPSA) is 74.6 Å². The van der Waals surface area contributed by atoms with Crippen molar-refractivity contribution in [3.8, 4) is 0 Å². The monoisotopic (exact) mass is 408 g/mol. The molecule has 0 saturated carbocycles. The first-order valence-electron chi connectivity index (χ1n) is 9.92. The van der Waals surface area contributed by atoms with Crippen molar-refractivity contribution in [3.63, 3.8) is 0 Å². The SMILES string of the molecule is CC(=O)O.CCCCCCCCCCCCCCCCCC(=O)O.[Zn]. The average molecular weight is 410 g/mol. The first-order valence-corrected chi connectivity index (χ1v) is 9.92. The van der Waals surface area contributed by atoms with Crippen LogP contribution in [0.2, 0.25) is 0 Å². The minimum Gasteiger partial charge on any atom is -0.481 e. The minimum absolute atomic E-state index is 0. The second-order valence-corrected chi connectivity index (χ2v) is 6.61. The number of hydrogen-bond donors (Lipinski definition) is 2. The number of unbranched alkanes of at least 4 members (excludes halogenated alkanes) is 14. The van der Waals surface area contributed by atoms with Crippen LogP contribution in [0.25, 0.3) is 0 Å². The van der Waals surface area contributed by atoms with Crippen LogP contribution >= 0.6 is 0 Å². The molecule has 4 nitrogen and oxygen atoms in total. The van der Waals surface area contributed by atoms with E-state index in [4.69, 9.17) is 15.0 Å². The van der Waals surface area contributed by atoms with E-state index in [9.17, 15) is 4.79 Å². The van der Waals surface area contributed by atoms with Gasteiger partial charge in [0.05, 0.1) is 0 Å². The third-order valence-corrected chi connectivity index (χ3v) is 3.99. The van der Waals surface area contributed by atoms with E-state index in [1.165, 1.54) is 83.5 Å². The molecule has 0 amide bonds. The fraction of sp³-hybridized carbons (Fsp3) is 0.900. The van der Waals surface area contributed by atoms with Gasteiger partial charge in [-0.25, -0.2) is 0 Å². The number of carboxylic acid groups (broad SMARTS) is 2. The number of carboxylic acids is 2. The molecule has 0 rings (SSSR count). The molecule has 0 saturated heterocycles. The minimum atomic E-state index is -0.833. The summed E-state index contributed by atoms with van der Waals surface area (Å²) in [7, 11) is 0. The second kappa shape index (κ2) is 25.8. The molecule has 0 radical (unpaired) electrons. The van der Waals surface area contributed by atoms with Crippen molar-refractivity contribution in [1.82, 2.24) is 0 Å². The normalized spacial score (nSPS) is 9.68. The van der Waals surface area contributed by atoms with Gasteiger partial charge in [-0.3, -0.25) is 9.59 Å². The summed E-state index contributed by atoms with van der Waals surface area (Å²) in [4.78, 5) is 19.3. The van der Waals surface area contributed by atoms with Gasteiger partial charge in [-0.15, -0.1) is 0 Å². The van der Waals surface area contributed by atoms with Gasteiger partial charge in [0.25, 0.3) is 5.97 Å². The quantitative estimate of drug-likeness (QED) is 0.228. The smallest absolute Gasteiger partial charge is 0.303 e. The summed E-state index contributed by atoms with van der Waals surface area (Å²) in [6.07, 6.45) is 20.2. The molecule has 2 N–H and O–H groups in total.